The van der Waals surface area contributed by atoms with E-state index in [1.54, 1.807) is 0 Å². The van der Waals surface area contributed by atoms with Crippen LogP contribution in [-0.4, -0.2) is 35.5 Å². The van der Waals surface area contributed by atoms with Crippen LogP contribution in [0.1, 0.15) is 37.7 Å². The Morgan fingerprint density at radius 2 is 1.69 bits per heavy atom. The molecular formula is C25H30N4O5S. The number of amides is 1. The summed E-state index contributed by atoms with van der Waals surface area (Å²) in [4.78, 5) is 37.9. The van der Waals surface area contributed by atoms with Crippen LogP contribution in [0.3, 0.4) is 0 Å². The smallest absolute Gasteiger partial charge is 0.330 e. The fourth-order valence-electron chi connectivity index (χ4n) is 4.58. The number of nitrogens with zero attached hydrogens (tertiary/aromatic N) is 2. The Labute approximate surface area is 203 Å². The zero-order chi connectivity index (χ0) is 25.2. The first-order chi connectivity index (χ1) is 16.7. The molecule has 0 saturated heterocycles. The number of aryl methyl sites for hydroxylation is 1. The molecule has 9 nitrogen and oxygen atoms in total. The van der Waals surface area contributed by atoms with Gasteiger partial charge < -0.3 is 5.32 Å². The van der Waals surface area contributed by atoms with Crippen LogP contribution in [0.4, 0.5) is 0 Å². The average Bonchev–Trinajstić information content (AvgIpc) is 2.86. The molecule has 2 aromatic carbocycles. The van der Waals surface area contributed by atoms with Crippen LogP contribution in [0.5, 0.6) is 0 Å². The van der Waals surface area contributed by atoms with Gasteiger partial charge in [-0.1, -0.05) is 49.6 Å². The Balaban J connectivity index is 1.66. The lowest BCUT2D eigenvalue weighted by molar-refractivity contribution is -0.123. The standard InChI is InChI=1S/C25H30N4O5S/c1-28-22-14-13-19(16-20(22)24(31)29(2)25(28)32)35(33,34)27-21(15-17-9-5-3-6-10-17)23(30)26-18-11-7-4-8-12-18/h3,5-6,9-10,13-14,16,18,21,27H,4,7-8,11-12,15H2,1-2H3,(H,26,30)/t21-/m0/s1. The van der Waals surface area contributed by atoms with Crippen molar-refractivity contribution < 1.29 is 13.2 Å². The molecule has 186 valence electrons. The van der Waals surface area contributed by atoms with Crippen molar-refractivity contribution in [2.24, 2.45) is 14.1 Å². The predicted octanol–water partition coefficient (Wildman–Crippen LogP) is 1.58. The third-order valence-electron chi connectivity index (χ3n) is 6.60. The second-order valence-corrected chi connectivity index (χ2v) is 10.8. The van der Waals surface area contributed by atoms with E-state index in [-0.39, 0.29) is 28.7 Å². The molecule has 1 aromatic heterocycles. The maximum absolute atomic E-state index is 13.4. The lowest BCUT2D eigenvalue weighted by Crippen LogP contribution is -2.51. The first-order valence-corrected chi connectivity index (χ1v) is 13.2. The van der Waals surface area contributed by atoms with Crippen molar-refractivity contribution in [3.8, 4) is 0 Å². The largest absolute Gasteiger partial charge is 0.352 e. The Morgan fingerprint density at radius 3 is 2.37 bits per heavy atom. The summed E-state index contributed by atoms with van der Waals surface area (Å²) in [5.41, 5.74) is 0.0591. The van der Waals surface area contributed by atoms with Gasteiger partial charge in [0.05, 0.1) is 15.8 Å². The fraction of sp³-hybridized carbons (Fsp3) is 0.400. The summed E-state index contributed by atoms with van der Waals surface area (Å²) in [6.07, 6.45) is 5.15. The van der Waals surface area contributed by atoms with E-state index in [1.165, 1.54) is 36.9 Å². The summed E-state index contributed by atoms with van der Waals surface area (Å²) in [7, 11) is -1.30. The lowest BCUT2D eigenvalue weighted by Gasteiger charge is -2.26. The number of aromatic nitrogens is 2. The molecule has 10 heteroatoms. The fourth-order valence-corrected chi connectivity index (χ4v) is 5.80. The maximum atomic E-state index is 13.4. The third kappa shape index (κ3) is 5.38. The number of carbonyl (C=O) groups excluding carboxylic acids is 1. The van der Waals surface area contributed by atoms with Crippen molar-refractivity contribution in [3.05, 3.63) is 74.9 Å². The molecule has 1 heterocycles. The number of rotatable bonds is 7. The minimum atomic E-state index is -4.16. The second-order valence-electron chi connectivity index (χ2n) is 9.09. The molecule has 1 amide bonds. The van der Waals surface area contributed by atoms with E-state index in [0.29, 0.717) is 5.52 Å². The van der Waals surface area contributed by atoms with Crippen LogP contribution in [0, 0.1) is 0 Å². The molecule has 0 aliphatic heterocycles. The van der Waals surface area contributed by atoms with Crippen molar-refractivity contribution in [2.75, 3.05) is 0 Å². The van der Waals surface area contributed by atoms with Crippen molar-refractivity contribution >= 4 is 26.8 Å². The number of fused-ring (bicyclic) bond motifs is 1. The molecule has 0 radical (unpaired) electrons. The van der Waals surface area contributed by atoms with Gasteiger partial charge in [0.25, 0.3) is 5.56 Å². The molecule has 2 N–H and O–H groups in total. The zero-order valence-electron chi connectivity index (χ0n) is 19.9. The monoisotopic (exact) mass is 498 g/mol. The second kappa shape index (κ2) is 10.2. The van der Waals surface area contributed by atoms with E-state index in [9.17, 15) is 22.8 Å². The van der Waals surface area contributed by atoms with E-state index in [2.05, 4.69) is 10.0 Å². The summed E-state index contributed by atoms with van der Waals surface area (Å²) in [5.74, 6) is -0.372. The van der Waals surface area contributed by atoms with Crippen LogP contribution in [0.15, 0.2) is 63.0 Å². The highest BCUT2D eigenvalue weighted by Gasteiger charge is 2.28. The number of hydrogen-bond donors (Lipinski definition) is 2. The summed E-state index contributed by atoms with van der Waals surface area (Å²) in [6.45, 7) is 0. The van der Waals surface area contributed by atoms with E-state index in [4.69, 9.17) is 0 Å². The highest BCUT2D eigenvalue weighted by Crippen LogP contribution is 2.19. The van der Waals surface area contributed by atoms with Crippen molar-refractivity contribution in [1.29, 1.82) is 0 Å². The number of hydrogen-bond acceptors (Lipinski definition) is 5. The van der Waals surface area contributed by atoms with Gasteiger partial charge in [-0.3, -0.25) is 18.7 Å². The first kappa shape index (κ1) is 24.9. The molecule has 1 aliphatic carbocycles. The maximum Gasteiger partial charge on any atom is 0.330 e. The van der Waals surface area contributed by atoms with Crippen LogP contribution >= 0.6 is 0 Å². The van der Waals surface area contributed by atoms with Gasteiger partial charge in [0.2, 0.25) is 15.9 Å². The van der Waals surface area contributed by atoms with Crippen LogP contribution < -0.4 is 21.3 Å². The number of carbonyl (C=O) groups is 1. The first-order valence-electron chi connectivity index (χ1n) is 11.7. The molecule has 3 aromatic rings. The highest BCUT2D eigenvalue weighted by molar-refractivity contribution is 7.89. The topological polar surface area (TPSA) is 119 Å². The summed E-state index contributed by atoms with van der Waals surface area (Å²) in [6, 6.07) is 12.2. The van der Waals surface area contributed by atoms with Gasteiger partial charge >= 0.3 is 5.69 Å². The molecule has 0 unspecified atom stereocenters. The molecule has 1 atom stereocenters. The Hall–Kier alpha value is -3.24. The van der Waals surface area contributed by atoms with E-state index in [0.717, 1.165) is 42.2 Å². The van der Waals surface area contributed by atoms with Crippen molar-refractivity contribution in [1.82, 2.24) is 19.2 Å². The van der Waals surface area contributed by atoms with Gasteiger partial charge in [-0.05, 0) is 43.0 Å². The van der Waals surface area contributed by atoms with Crippen molar-refractivity contribution in [3.63, 3.8) is 0 Å². The highest BCUT2D eigenvalue weighted by atomic mass is 32.2. The van der Waals surface area contributed by atoms with Crippen LogP contribution in [0.25, 0.3) is 10.9 Å². The molecule has 4 rings (SSSR count). The number of nitrogens with one attached hydrogen (secondary N) is 2. The summed E-state index contributed by atoms with van der Waals surface area (Å²) in [5, 5.41) is 3.12. The van der Waals surface area contributed by atoms with E-state index >= 15 is 0 Å². The summed E-state index contributed by atoms with van der Waals surface area (Å²) >= 11 is 0. The minimum absolute atomic E-state index is 0.0315. The van der Waals surface area contributed by atoms with Gasteiger partial charge in [0.15, 0.2) is 0 Å². The van der Waals surface area contributed by atoms with Gasteiger partial charge in [0, 0.05) is 20.1 Å². The molecular weight excluding hydrogens is 468 g/mol. The summed E-state index contributed by atoms with van der Waals surface area (Å²) < 4.78 is 31.5. The number of sulfonamides is 1. The molecule has 0 bridgehead atoms. The molecule has 0 spiro atoms. The quantitative estimate of drug-likeness (QED) is 0.513. The number of benzene rings is 2. The minimum Gasteiger partial charge on any atom is -0.352 e. The van der Waals surface area contributed by atoms with Crippen molar-refractivity contribution in [2.45, 2.75) is 55.5 Å². The van der Waals surface area contributed by atoms with Gasteiger partial charge in [-0.2, -0.15) is 4.72 Å². The van der Waals surface area contributed by atoms with Crippen LogP contribution in [-0.2, 0) is 35.3 Å². The molecule has 1 saturated carbocycles. The Bertz CT molecular complexity index is 1450. The van der Waals surface area contributed by atoms with Gasteiger partial charge in [0.1, 0.15) is 6.04 Å². The lowest BCUT2D eigenvalue weighted by atomic mass is 9.95. The van der Waals surface area contributed by atoms with E-state index in [1.807, 2.05) is 30.3 Å². The van der Waals surface area contributed by atoms with Crippen LogP contribution in [0.2, 0.25) is 0 Å². The Kier molecular flexibility index (Phi) is 7.23. The molecule has 1 fully saturated rings. The SMILES string of the molecule is Cn1c(=O)c2cc(S(=O)(=O)N[C@@H](Cc3ccccc3)C(=O)NC3CCCCC3)ccc2n(C)c1=O. The average molecular weight is 499 g/mol. The third-order valence-corrected chi connectivity index (χ3v) is 8.07. The zero-order valence-corrected chi connectivity index (χ0v) is 20.7. The van der Waals surface area contributed by atoms with Gasteiger partial charge in [-0.15, -0.1) is 0 Å². The molecule has 1 aliphatic rings. The Morgan fingerprint density at radius 1 is 1.00 bits per heavy atom. The van der Waals surface area contributed by atoms with Gasteiger partial charge in [-0.25, -0.2) is 13.2 Å². The normalized spacial score (nSPS) is 15.7. The predicted molar refractivity (Wildman–Crippen MR) is 134 cm³/mol. The van der Waals surface area contributed by atoms with E-state index < -0.39 is 27.3 Å². The molecule has 35 heavy (non-hydrogen) atoms.